The van der Waals surface area contributed by atoms with Gasteiger partial charge in [0.25, 0.3) is 0 Å². The van der Waals surface area contributed by atoms with Crippen LogP contribution in [-0.2, 0) is 12.8 Å². The van der Waals surface area contributed by atoms with Crippen LogP contribution in [0.3, 0.4) is 0 Å². The van der Waals surface area contributed by atoms with Gasteiger partial charge in [-0.25, -0.2) is 0 Å². The summed E-state index contributed by atoms with van der Waals surface area (Å²) in [7, 11) is 1.73. The zero-order valence-corrected chi connectivity index (χ0v) is 11.9. The Labute approximate surface area is 120 Å². The average molecular weight is 264 g/mol. The smallest absolute Gasteiger partial charge is 0.119 e. The van der Waals surface area contributed by atoms with Crippen LogP contribution in [0.15, 0.2) is 54.6 Å². The standard InChI is InChI=1S/C19H20O/c1-20-18-12-13-19-16(8-5-9-17(19)14-18)11-10-15-6-3-2-4-7-15/h2-4,6-8,12-14H,5,9-11H2,1H3. The average Bonchev–Trinajstić information content (AvgIpc) is 2.53. The zero-order valence-electron chi connectivity index (χ0n) is 11.9. The van der Waals surface area contributed by atoms with E-state index in [4.69, 9.17) is 4.74 Å². The zero-order chi connectivity index (χ0) is 13.8. The summed E-state index contributed by atoms with van der Waals surface area (Å²) in [4.78, 5) is 0. The van der Waals surface area contributed by atoms with Gasteiger partial charge in [-0.05, 0) is 60.1 Å². The maximum atomic E-state index is 5.33. The summed E-state index contributed by atoms with van der Waals surface area (Å²) < 4.78 is 5.33. The van der Waals surface area contributed by atoms with E-state index in [1.54, 1.807) is 7.11 Å². The van der Waals surface area contributed by atoms with E-state index in [0.29, 0.717) is 0 Å². The molecule has 2 aromatic rings. The minimum atomic E-state index is 0.966. The Morgan fingerprint density at radius 3 is 2.65 bits per heavy atom. The van der Waals surface area contributed by atoms with Gasteiger partial charge in [0.05, 0.1) is 7.11 Å². The van der Waals surface area contributed by atoms with Crippen LogP contribution in [-0.4, -0.2) is 7.11 Å². The summed E-state index contributed by atoms with van der Waals surface area (Å²) in [6, 6.07) is 17.2. The Morgan fingerprint density at radius 2 is 1.85 bits per heavy atom. The maximum absolute atomic E-state index is 5.33. The summed E-state index contributed by atoms with van der Waals surface area (Å²) in [5.41, 5.74) is 5.73. The molecule has 1 nitrogen and oxygen atoms in total. The van der Waals surface area contributed by atoms with Gasteiger partial charge in [-0.1, -0.05) is 42.5 Å². The summed E-state index contributed by atoms with van der Waals surface area (Å²) in [6.07, 6.45) is 6.89. The highest BCUT2D eigenvalue weighted by Gasteiger charge is 2.13. The Hall–Kier alpha value is -2.02. The number of allylic oxidation sites excluding steroid dienone is 2. The number of fused-ring (bicyclic) bond motifs is 1. The second-order valence-corrected chi connectivity index (χ2v) is 5.28. The quantitative estimate of drug-likeness (QED) is 0.780. The summed E-state index contributed by atoms with van der Waals surface area (Å²) >= 11 is 0. The van der Waals surface area contributed by atoms with Crippen LogP contribution in [0.25, 0.3) is 5.57 Å². The van der Waals surface area contributed by atoms with Crippen LogP contribution < -0.4 is 4.74 Å². The molecule has 1 heteroatoms. The van der Waals surface area contributed by atoms with Crippen LogP contribution in [0.2, 0.25) is 0 Å². The van der Waals surface area contributed by atoms with Gasteiger partial charge >= 0.3 is 0 Å². The lowest BCUT2D eigenvalue weighted by Gasteiger charge is -2.18. The van der Waals surface area contributed by atoms with E-state index in [-0.39, 0.29) is 0 Å². The summed E-state index contributed by atoms with van der Waals surface area (Å²) in [5, 5.41) is 0. The van der Waals surface area contributed by atoms with E-state index in [0.717, 1.165) is 31.4 Å². The molecule has 0 aromatic heterocycles. The van der Waals surface area contributed by atoms with Crippen molar-refractivity contribution in [3.63, 3.8) is 0 Å². The molecule has 0 amide bonds. The van der Waals surface area contributed by atoms with Crippen molar-refractivity contribution in [3.05, 3.63) is 71.3 Å². The van der Waals surface area contributed by atoms with E-state index < -0.39 is 0 Å². The molecule has 102 valence electrons. The Balaban J connectivity index is 1.77. The number of benzene rings is 2. The molecule has 0 spiro atoms. The first kappa shape index (κ1) is 13.0. The van der Waals surface area contributed by atoms with Crippen molar-refractivity contribution in [2.75, 3.05) is 7.11 Å². The predicted molar refractivity (Wildman–Crippen MR) is 84.1 cm³/mol. The second kappa shape index (κ2) is 5.96. The van der Waals surface area contributed by atoms with Crippen molar-refractivity contribution in [3.8, 4) is 5.75 Å². The van der Waals surface area contributed by atoms with Crippen molar-refractivity contribution in [1.82, 2.24) is 0 Å². The first-order chi connectivity index (χ1) is 9.86. The topological polar surface area (TPSA) is 9.23 Å². The van der Waals surface area contributed by atoms with Crippen molar-refractivity contribution in [2.24, 2.45) is 0 Å². The van der Waals surface area contributed by atoms with Crippen LogP contribution in [0.5, 0.6) is 5.75 Å². The fourth-order valence-electron chi connectivity index (χ4n) is 2.89. The molecule has 0 fully saturated rings. The number of hydrogen-bond acceptors (Lipinski definition) is 1. The lowest BCUT2D eigenvalue weighted by molar-refractivity contribution is 0.414. The number of ether oxygens (including phenoxy) is 1. The molecule has 0 radical (unpaired) electrons. The molecule has 0 bridgehead atoms. The number of methoxy groups -OCH3 is 1. The molecule has 1 aliphatic rings. The van der Waals surface area contributed by atoms with Gasteiger partial charge in [-0.15, -0.1) is 0 Å². The van der Waals surface area contributed by atoms with E-state index in [2.05, 4.69) is 54.6 Å². The molecule has 0 unspecified atom stereocenters. The molecule has 20 heavy (non-hydrogen) atoms. The first-order valence-electron chi connectivity index (χ1n) is 7.27. The van der Waals surface area contributed by atoms with E-state index >= 15 is 0 Å². The van der Waals surface area contributed by atoms with Gasteiger partial charge in [0.2, 0.25) is 0 Å². The summed E-state index contributed by atoms with van der Waals surface area (Å²) in [5.74, 6) is 0.966. The number of aryl methyl sites for hydroxylation is 2. The first-order valence-corrected chi connectivity index (χ1v) is 7.27. The molecule has 0 saturated carbocycles. The molecule has 2 aromatic carbocycles. The lowest BCUT2D eigenvalue weighted by Crippen LogP contribution is -2.01. The normalized spacial score (nSPS) is 13.6. The van der Waals surface area contributed by atoms with Crippen molar-refractivity contribution < 1.29 is 4.74 Å². The van der Waals surface area contributed by atoms with Gasteiger partial charge in [0, 0.05) is 0 Å². The van der Waals surface area contributed by atoms with Crippen LogP contribution in [0.4, 0.5) is 0 Å². The molecule has 0 N–H and O–H groups in total. The minimum absolute atomic E-state index is 0.966. The SMILES string of the molecule is COc1ccc2c(c1)CCC=C2CCc1ccccc1. The Morgan fingerprint density at radius 1 is 1.00 bits per heavy atom. The highest BCUT2D eigenvalue weighted by Crippen LogP contribution is 2.32. The lowest BCUT2D eigenvalue weighted by atomic mass is 9.87. The predicted octanol–water partition coefficient (Wildman–Crippen LogP) is 4.66. The van der Waals surface area contributed by atoms with Crippen molar-refractivity contribution >= 4 is 5.57 Å². The van der Waals surface area contributed by atoms with Gasteiger partial charge < -0.3 is 4.74 Å². The monoisotopic (exact) mass is 264 g/mol. The molecular formula is C19H20O. The maximum Gasteiger partial charge on any atom is 0.119 e. The molecule has 1 aliphatic carbocycles. The molecular weight excluding hydrogens is 244 g/mol. The van der Waals surface area contributed by atoms with Crippen LogP contribution in [0.1, 0.15) is 29.5 Å². The molecule has 0 aliphatic heterocycles. The fraction of sp³-hybridized carbons (Fsp3) is 0.263. The third-order valence-corrected chi connectivity index (χ3v) is 3.99. The van der Waals surface area contributed by atoms with Crippen LogP contribution >= 0.6 is 0 Å². The van der Waals surface area contributed by atoms with E-state index in [1.165, 1.54) is 22.3 Å². The van der Waals surface area contributed by atoms with Crippen molar-refractivity contribution in [2.45, 2.75) is 25.7 Å². The highest BCUT2D eigenvalue weighted by molar-refractivity contribution is 5.71. The molecule has 0 atom stereocenters. The third-order valence-electron chi connectivity index (χ3n) is 3.99. The van der Waals surface area contributed by atoms with Gasteiger partial charge in [-0.3, -0.25) is 0 Å². The minimum Gasteiger partial charge on any atom is -0.497 e. The van der Waals surface area contributed by atoms with Gasteiger partial charge in [-0.2, -0.15) is 0 Å². The Kier molecular flexibility index (Phi) is 3.87. The third kappa shape index (κ3) is 2.77. The number of rotatable bonds is 4. The Bertz CT molecular complexity index is 611. The number of hydrogen-bond donors (Lipinski definition) is 0. The second-order valence-electron chi connectivity index (χ2n) is 5.28. The van der Waals surface area contributed by atoms with Gasteiger partial charge in [0.15, 0.2) is 0 Å². The van der Waals surface area contributed by atoms with E-state index in [1.807, 2.05) is 0 Å². The fourth-order valence-corrected chi connectivity index (χ4v) is 2.89. The van der Waals surface area contributed by atoms with Crippen LogP contribution in [0, 0.1) is 0 Å². The largest absolute Gasteiger partial charge is 0.497 e. The molecule has 3 rings (SSSR count). The highest BCUT2D eigenvalue weighted by atomic mass is 16.5. The van der Waals surface area contributed by atoms with E-state index in [9.17, 15) is 0 Å². The molecule has 0 heterocycles. The van der Waals surface area contributed by atoms with Gasteiger partial charge in [0.1, 0.15) is 5.75 Å². The van der Waals surface area contributed by atoms with Crippen molar-refractivity contribution in [1.29, 1.82) is 0 Å². The summed E-state index contributed by atoms with van der Waals surface area (Å²) in [6.45, 7) is 0. The molecule has 0 saturated heterocycles.